The van der Waals surface area contributed by atoms with Crippen LogP contribution in [0.4, 0.5) is 4.39 Å². The van der Waals surface area contributed by atoms with Crippen LogP contribution >= 0.6 is 12.4 Å². The monoisotopic (exact) mass is 342 g/mol. The highest BCUT2D eigenvalue weighted by atomic mass is 35.5. The van der Waals surface area contributed by atoms with Crippen LogP contribution in [0, 0.1) is 11.7 Å². The third-order valence-electron chi connectivity index (χ3n) is 4.46. The standard InChI is InChI=1S/C17H23FN2O2.ClH/c1-12-10-20(17(21)14-3-2-8-19-9-14)11-16(22-12)13-4-6-15(18)7-5-13;/h4-7,12,14,16,19H,2-3,8-11H2,1H3;1H. The average molecular weight is 343 g/mol. The van der Waals surface area contributed by atoms with E-state index >= 15 is 0 Å². The van der Waals surface area contributed by atoms with Crippen molar-refractivity contribution in [2.75, 3.05) is 26.2 Å². The van der Waals surface area contributed by atoms with Crippen molar-refractivity contribution in [2.24, 2.45) is 5.92 Å². The zero-order chi connectivity index (χ0) is 15.5. The number of piperidine rings is 1. The van der Waals surface area contributed by atoms with E-state index in [9.17, 15) is 9.18 Å². The van der Waals surface area contributed by atoms with Gasteiger partial charge in [0.2, 0.25) is 5.91 Å². The van der Waals surface area contributed by atoms with Gasteiger partial charge in [0.15, 0.2) is 0 Å². The number of hydrogen-bond donors (Lipinski definition) is 1. The molecule has 1 amide bonds. The number of amides is 1. The Kier molecular flexibility index (Phi) is 6.39. The Labute approximate surface area is 142 Å². The summed E-state index contributed by atoms with van der Waals surface area (Å²) in [5, 5.41) is 3.29. The Balaban J connectivity index is 0.00000192. The molecule has 2 heterocycles. The highest BCUT2D eigenvalue weighted by Gasteiger charge is 2.33. The van der Waals surface area contributed by atoms with Gasteiger partial charge in [0.1, 0.15) is 11.9 Å². The van der Waals surface area contributed by atoms with E-state index in [4.69, 9.17) is 4.74 Å². The van der Waals surface area contributed by atoms with Crippen molar-refractivity contribution < 1.29 is 13.9 Å². The SMILES string of the molecule is CC1CN(C(=O)C2CCCNC2)CC(c2ccc(F)cc2)O1.Cl. The first-order chi connectivity index (χ1) is 10.6. The number of benzene rings is 1. The summed E-state index contributed by atoms with van der Waals surface area (Å²) in [7, 11) is 0. The van der Waals surface area contributed by atoms with Gasteiger partial charge in [-0.3, -0.25) is 4.79 Å². The number of carbonyl (C=O) groups excluding carboxylic acids is 1. The molecule has 0 bridgehead atoms. The molecular formula is C17H24ClFN2O2. The Morgan fingerprint density at radius 3 is 2.70 bits per heavy atom. The molecular weight excluding hydrogens is 319 g/mol. The minimum Gasteiger partial charge on any atom is -0.367 e. The molecule has 1 aromatic rings. The number of carbonyl (C=O) groups is 1. The summed E-state index contributed by atoms with van der Waals surface area (Å²) in [6, 6.07) is 6.36. The summed E-state index contributed by atoms with van der Waals surface area (Å²) in [4.78, 5) is 14.6. The fourth-order valence-electron chi connectivity index (χ4n) is 3.31. The number of nitrogens with zero attached hydrogens (tertiary/aromatic N) is 1. The maximum absolute atomic E-state index is 13.1. The van der Waals surface area contributed by atoms with Crippen molar-refractivity contribution in [1.82, 2.24) is 10.2 Å². The summed E-state index contributed by atoms with van der Waals surface area (Å²) in [6.07, 6.45) is 1.82. The molecule has 2 aliphatic rings. The van der Waals surface area contributed by atoms with Crippen LogP contribution in [-0.2, 0) is 9.53 Å². The normalized spacial score (nSPS) is 28.1. The average Bonchev–Trinajstić information content (AvgIpc) is 2.55. The number of halogens is 2. The second-order valence-electron chi connectivity index (χ2n) is 6.27. The largest absolute Gasteiger partial charge is 0.367 e. The minimum absolute atomic E-state index is 0. The van der Waals surface area contributed by atoms with Crippen LogP contribution in [0.5, 0.6) is 0 Å². The third-order valence-corrected chi connectivity index (χ3v) is 4.46. The molecule has 2 aliphatic heterocycles. The van der Waals surface area contributed by atoms with E-state index in [0.29, 0.717) is 13.1 Å². The number of ether oxygens (including phenoxy) is 1. The maximum atomic E-state index is 13.1. The predicted molar refractivity (Wildman–Crippen MR) is 89.1 cm³/mol. The first-order valence-electron chi connectivity index (χ1n) is 8.04. The van der Waals surface area contributed by atoms with Crippen LogP contribution in [0.1, 0.15) is 31.4 Å². The molecule has 128 valence electrons. The molecule has 3 unspecified atom stereocenters. The van der Waals surface area contributed by atoms with E-state index in [1.165, 1.54) is 12.1 Å². The highest BCUT2D eigenvalue weighted by Crippen LogP contribution is 2.27. The molecule has 23 heavy (non-hydrogen) atoms. The second kappa shape index (κ2) is 8.08. The quantitative estimate of drug-likeness (QED) is 0.898. The fraction of sp³-hybridized carbons (Fsp3) is 0.588. The van der Waals surface area contributed by atoms with Crippen molar-refractivity contribution in [3.63, 3.8) is 0 Å². The van der Waals surface area contributed by atoms with Crippen LogP contribution < -0.4 is 5.32 Å². The Bertz CT molecular complexity index is 520. The van der Waals surface area contributed by atoms with Gasteiger partial charge in [0, 0.05) is 13.1 Å². The molecule has 2 fully saturated rings. The van der Waals surface area contributed by atoms with Crippen LogP contribution in [0.3, 0.4) is 0 Å². The summed E-state index contributed by atoms with van der Waals surface area (Å²) < 4.78 is 19.0. The maximum Gasteiger partial charge on any atom is 0.227 e. The Hall–Kier alpha value is -1.17. The van der Waals surface area contributed by atoms with Crippen LogP contribution in [0.15, 0.2) is 24.3 Å². The molecule has 3 rings (SSSR count). The van der Waals surface area contributed by atoms with Crippen LogP contribution in [0.2, 0.25) is 0 Å². The molecule has 2 saturated heterocycles. The van der Waals surface area contributed by atoms with Gasteiger partial charge in [-0.25, -0.2) is 4.39 Å². The summed E-state index contributed by atoms with van der Waals surface area (Å²) in [5.41, 5.74) is 0.924. The molecule has 0 aromatic heterocycles. The van der Waals surface area contributed by atoms with E-state index in [1.54, 1.807) is 12.1 Å². The van der Waals surface area contributed by atoms with Gasteiger partial charge in [0.05, 0.1) is 18.6 Å². The van der Waals surface area contributed by atoms with Crippen LogP contribution in [-0.4, -0.2) is 43.1 Å². The lowest BCUT2D eigenvalue weighted by molar-refractivity contribution is -0.149. The number of rotatable bonds is 2. The molecule has 1 aromatic carbocycles. The molecule has 3 atom stereocenters. The summed E-state index contributed by atoms with van der Waals surface area (Å²) >= 11 is 0. The van der Waals surface area contributed by atoms with Crippen molar-refractivity contribution in [1.29, 1.82) is 0 Å². The summed E-state index contributed by atoms with van der Waals surface area (Å²) in [5.74, 6) is 0.0381. The van der Waals surface area contributed by atoms with Crippen molar-refractivity contribution in [3.05, 3.63) is 35.6 Å². The third kappa shape index (κ3) is 4.43. The second-order valence-corrected chi connectivity index (χ2v) is 6.27. The van der Waals surface area contributed by atoms with Gasteiger partial charge in [-0.2, -0.15) is 0 Å². The summed E-state index contributed by atoms with van der Waals surface area (Å²) in [6.45, 7) is 4.93. The number of nitrogens with one attached hydrogen (secondary N) is 1. The van der Waals surface area contributed by atoms with Gasteiger partial charge >= 0.3 is 0 Å². The lowest BCUT2D eigenvalue weighted by atomic mass is 9.97. The topological polar surface area (TPSA) is 41.6 Å². The zero-order valence-electron chi connectivity index (χ0n) is 13.3. The van der Waals surface area contributed by atoms with Gasteiger partial charge in [-0.15, -0.1) is 12.4 Å². The zero-order valence-corrected chi connectivity index (χ0v) is 14.2. The molecule has 0 aliphatic carbocycles. The van der Waals surface area contributed by atoms with Crippen molar-refractivity contribution in [3.8, 4) is 0 Å². The van der Waals surface area contributed by atoms with Gasteiger partial charge < -0.3 is 15.0 Å². The minimum atomic E-state index is -0.256. The van der Waals surface area contributed by atoms with Crippen molar-refractivity contribution in [2.45, 2.75) is 32.0 Å². The van der Waals surface area contributed by atoms with Gasteiger partial charge in [-0.1, -0.05) is 12.1 Å². The van der Waals surface area contributed by atoms with E-state index < -0.39 is 0 Å². The van der Waals surface area contributed by atoms with E-state index in [-0.39, 0.29) is 42.3 Å². The molecule has 4 nitrogen and oxygen atoms in total. The van der Waals surface area contributed by atoms with Gasteiger partial charge in [0.25, 0.3) is 0 Å². The molecule has 6 heteroatoms. The first-order valence-corrected chi connectivity index (χ1v) is 8.04. The van der Waals surface area contributed by atoms with Crippen molar-refractivity contribution >= 4 is 18.3 Å². The van der Waals surface area contributed by atoms with E-state index in [2.05, 4.69) is 5.32 Å². The molecule has 0 radical (unpaired) electrons. The van der Waals surface area contributed by atoms with Gasteiger partial charge in [-0.05, 0) is 44.0 Å². The highest BCUT2D eigenvalue weighted by molar-refractivity contribution is 5.85. The lowest BCUT2D eigenvalue weighted by Crippen LogP contribution is -2.50. The Morgan fingerprint density at radius 1 is 1.30 bits per heavy atom. The van der Waals surface area contributed by atoms with Crippen LogP contribution in [0.25, 0.3) is 0 Å². The number of morpholine rings is 1. The number of hydrogen-bond acceptors (Lipinski definition) is 3. The fourth-order valence-corrected chi connectivity index (χ4v) is 3.31. The first kappa shape index (κ1) is 18.2. The smallest absolute Gasteiger partial charge is 0.227 e. The molecule has 0 spiro atoms. The molecule has 0 saturated carbocycles. The molecule has 1 N–H and O–H groups in total. The predicted octanol–water partition coefficient (Wildman–Crippen LogP) is 2.54. The Morgan fingerprint density at radius 2 is 2.04 bits per heavy atom. The van der Waals surface area contributed by atoms with E-state index in [0.717, 1.165) is 31.5 Å². The lowest BCUT2D eigenvalue weighted by Gasteiger charge is -2.39. The van der Waals surface area contributed by atoms with E-state index in [1.807, 2.05) is 11.8 Å².